The molecule has 0 N–H and O–H groups in total. The van der Waals surface area contributed by atoms with Crippen molar-refractivity contribution in [3.63, 3.8) is 0 Å². The quantitative estimate of drug-likeness (QED) is 0.228. The second-order valence-electron chi connectivity index (χ2n) is 22.6. The van der Waals surface area contributed by atoms with Gasteiger partial charge in [0.2, 0.25) is 0 Å². The minimum atomic E-state index is 0.842. The van der Waals surface area contributed by atoms with Gasteiger partial charge in [0.05, 0.1) is 0 Å². The van der Waals surface area contributed by atoms with Crippen LogP contribution >= 0.6 is 0 Å². The summed E-state index contributed by atoms with van der Waals surface area (Å²) in [6, 6.07) is 8.75. The lowest BCUT2D eigenvalue weighted by atomic mass is 9.78. The van der Waals surface area contributed by atoms with Crippen LogP contribution in [0.5, 0.6) is 0 Å². The lowest BCUT2D eigenvalue weighted by molar-refractivity contribution is 0.523. The maximum atomic E-state index is 2.62. The molecule has 0 nitrogen and oxygen atoms in total. The van der Waals surface area contributed by atoms with E-state index in [1.807, 2.05) is 0 Å². The highest BCUT2D eigenvalue weighted by molar-refractivity contribution is 5.47. The predicted molar refractivity (Wildman–Crippen MR) is 273 cm³/mol. The summed E-state index contributed by atoms with van der Waals surface area (Å²) in [7, 11) is 0. The van der Waals surface area contributed by atoms with E-state index in [0.29, 0.717) is 0 Å². The number of benzene rings is 1. The SMILES string of the molecule is C1=C2CCCC2=CC2CCCC12.C1=C2CCCCC2=CC2CCCC12.C1=CC2=CC3CCCC3C=C2CC1.C1=CCC2=CC3CCCC3C=C2C1.C1=c2ccccc2=CC2CCCC12. The van der Waals surface area contributed by atoms with E-state index in [0.717, 1.165) is 59.2 Å². The molecule has 336 valence electrons. The van der Waals surface area contributed by atoms with Crippen molar-refractivity contribution in [2.24, 2.45) is 59.2 Å². The first-order chi connectivity index (χ1) is 31.7. The summed E-state index contributed by atoms with van der Waals surface area (Å²) in [5, 5.41) is 2.90. The summed E-state index contributed by atoms with van der Waals surface area (Å²) in [5.41, 5.74) is 13.3. The van der Waals surface area contributed by atoms with E-state index in [9.17, 15) is 0 Å². The lowest BCUT2D eigenvalue weighted by Crippen LogP contribution is -2.30. The van der Waals surface area contributed by atoms with Crippen LogP contribution in [0.1, 0.15) is 167 Å². The van der Waals surface area contributed by atoms with E-state index >= 15 is 0 Å². The summed E-state index contributed by atoms with van der Waals surface area (Å²) in [4.78, 5) is 0. The average molecular weight is 849 g/mol. The monoisotopic (exact) mass is 849 g/mol. The minimum absolute atomic E-state index is 0.842. The molecular weight excluding hydrogens is 769 g/mol. The molecule has 10 unspecified atom stereocenters. The van der Waals surface area contributed by atoms with E-state index in [1.54, 1.807) is 39.0 Å². The molecule has 15 rings (SSSR count). The van der Waals surface area contributed by atoms with Gasteiger partial charge in [-0.3, -0.25) is 0 Å². The first-order valence-electron chi connectivity index (χ1n) is 27.5. The Morgan fingerprint density at radius 2 is 0.625 bits per heavy atom. The van der Waals surface area contributed by atoms with Crippen LogP contribution in [0.3, 0.4) is 0 Å². The Balaban J connectivity index is 0.0000000892. The zero-order valence-corrected chi connectivity index (χ0v) is 39.6. The van der Waals surface area contributed by atoms with Gasteiger partial charge in [0.15, 0.2) is 0 Å². The first-order valence-corrected chi connectivity index (χ1v) is 27.5. The van der Waals surface area contributed by atoms with Gasteiger partial charge in [0.1, 0.15) is 0 Å². The van der Waals surface area contributed by atoms with E-state index < -0.39 is 0 Å². The Morgan fingerprint density at radius 3 is 1.05 bits per heavy atom. The number of rotatable bonds is 0. The third-order valence-electron chi connectivity index (χ3n) is 18.6. The van der Waals surface area contributed by atoms with Gasteiger partial charge in [-0.1, -0.05) is 141 Å². The third-order valence-corrected chi connectivity index (χ3v) is 18.6. The van der Waals surface area contributed by atoms with Gasteiger partial charge < -0.3 is 0 Å². The Labute approximate surface area is 388 Å². The molecule has 7 saturated carbocycles. The largest absolute Gasteiger partial charge is 0.0838 e. The van der Waals surface area contributed by atoms with Crippen molar-refractivity contribution in [2.45, 2.75) is 167 Å². The molecule has 7 fully saturated rings. The van der Waals surface area contributed by atoms with Crippen molar-refractivity contribution in [1.29, 1.82) is 0 Å². The maximum absolute atomic E-state index is 2.62. The van der Waals surface area contributed by atoms with Crippen LogP contribution in [0.15, 0.2) is 142 Å². The number of hydrogen-bond donors (Lipinski definition) is 0. The number of hydrogen-bond acceptors (Lipinski definition) is 0. The standard InChI is InChI=1S/C13H18.2C13H16.C13H14.C12H16/c4*1-2-5-11-9-13-7-3-6-12(13)8-10(11)4-1;1-3-9-7-11-5-2-6-12(11)8-10(9)4-1/h8-9,12-13H,1-7H2;1,4,8-9,12-13H,2-3,5-7H2;1-2,8-9,12-13H,3-7H2;1-2,4-5,8-9,12-13H,3,6-7H2;7-10H,1-6H2. The molecule has 0 heteroatoms. The second-order valence-corrected chi connectivity index (χ2v) is 22.6. The molecule has 0 radical (unpaired) electrons. The Morgan fingerprint density at radius 1 is 0.281 bits per heavy atom. The van der Waals surface area contributed by atoms with Crippen molar-refractivity contribution in [2.75, 3.05) is 0 Å². The molecule has 0 heterocycles. The molecule has 1 aromatic rings. The van der Waals surface area contributed by atoms with Crippen LogP contribution in [0.2, 0.25) is 0 Å². The molecule has 64 heavy (non-hydrogen) atoms. The topological polar surface area (TPSA) is 0 Å². The van der Waals surface area contributed by atoms with Crippen molar-refractivity contribution in [3.8, 4) is 0 Å². The van der Waals surface area contributed by atoms with Gasteiger partial charge in [0, 0.05) is 0 Å². The minimum Gasteiger partial charge on any atom is -0.0838 e. The molecule has 10 atom stereocenters. The van der Waals surface area contributed by atoms with Gasteiger partial charge in [-0.25, -0.2) is 0 Å². The fourth-order valence-corrected chi connectivity index (χ4v) is 15.1. The summed E-state index contributed by atoms with van der Waals surface area (Å²) >= 11 is 0. The highest BCUT2D eigenvalue weighted by atomic mass is 14.4. The lowest BCUT2D eigenvalue weighted by Gasteiger charge is -2.27. The van der Waals surface area contributed by atoms with Crippen molar-refractivity contribution in [3.05, 3.63) is 152 Å². The first kappa shape index (κ1) is 43.0. The fourth-order valence-electron chi connectivity index (χ4n) is 15.1. The average Bonchev–Trinajstić information content (AvgIpc) is 4.21. The molecule has 14 aliphatic rings. The van der Waals surface area contributed by atoms with Crippen LogP contribution in [0.4, 0.5) is 0 Å². The summed E-state index contributed by atoms with van der Waals surface area (Å²) < 4.78 is 0. The molecule has 0 spiro atoms. The Kier molecular flexibility index (Phi) is 13.5. The number of allylic oxidation sites excluding steroid dienone is 20. The van der Waals surface area contributed by atoms with Gasteiger partial charge in [-0.2, -0.15) is 0 Å². The van der Waals surface area contributed by atoms with Crippen molar-refractivity contribution in [1.82, 2.24) is 0 Å². The van der Waals surface area contributed by atoms with Gasteiger partial charge in [-0.05, 0) is 249 Å². The normalized spacial score (nSPS) is 35.7. The van der Waals surface area contributed by atoms with Crippen LogP contribution in [0, 0.1) is 59.2 Å². The van der Waals surface area contributed by atoms with Crippen molar-refractivity contribution >= 4 is 12.2 Å². The molecule has 1 aromatic carbocycles. The van der Waals surface area contributed by atoms with Crippen molar-refractivity contribution < 1.29 is 0 Å². The summed E-state index contributed by atoms with van der Waals surface area (Å²) in [6.45, 7) is 0. The highest BCUT2D eigenvalue weighted by Crippen LogP contribution is 2.46. The molecule has 0 amide bonds. The maximum Gasteiger partial charge on any atom is -0.00977 e. The van der Waals surface area contributed by atoms with E-state index in [1.165, 1.54) is 183 Å². The van der Waals surface area contributed by atoms with Crippen LogP contribution in [-0.4, -0.2) is 0 Å². The zero-order chi connectivity index (χ0) is 42.7. The second kappa shape index (κ2) is 20.1. The molecule has 14 aliphatic carbocycles. The molecule has 0 aromatic heterocycles. The fraction of sp³-hybridized carbons (Fsp3) is 0.562. The van der Waals surface area contributed by atoms with E-state index in [4.69, 9.17) is 0 Å². The zero-order valence-electron chi connectivity index (χ0n) is 39.6. The number of fused-ring (bicyclic) bond motifs is 10. The molecular formula is C64H80. The smallest absolute Gasteiger partial charge is 0.00977 e. The highest BCUT2D eigenvalue weighted by Gasteiger charge is 2.33. The molecule has 0 aliphatic heterocycles. The Hall–Kier alpha value is -3.64. The van der Waals surface area contributed by atoms with Gasteiger partial charge >= 0.3 is 0 Å². The predicted octanol–water partition coefficient (Wildman–Crippen LogP) is 16.2. The molecule has 0 bridgehead atoms. The van der Waals surface area contributed by atoms with Crippen LogP contribution in [-0.2, 0) is 0 Å². The third kappa shape index (κ3) is 9.75. The van der Waals surface area contributed by atoms with Gasteiger partial charge in [0.25, 0.3) is 0 Å². The van der Waals surface area contributed by atoms with Crippen LogP contribution in [0.25, 0.3) is 12.2 Å². The summed E-state index contributed by atoms with van der Waals surface area (Å²) in [6.07, 6.45) is 71.1. The van der Waals surface area contributed by atoms with E-state index in [2.05, 4.69) is 109 Å². The van der Waals surface area contributed by atoms with E-state index in [-0.39, 0.29) is 0 Å². The van der Waals surface area contributed by atoms with Gasteiger partial charge in [-0.15, -0.1) is 0 Å². The van der Waals surface area contributed by atoms with Crippen LogP contribution < -0.4 is 10.4 Å². The molecule has 0 saturated heterocycles. The Bertz CT molecular complexity index is 2180. The summed E-state index contributed by atoms with van der Waals surface area (Å²) in [5.74, 6) is 8.96.